The molecule has 0 spiro atoms. The predicted octanol–water partition coefficient (Wildman–Crippen LogP) is 1.65. The molecule has 1 aromatic rings. The fourth-order valence-electron chi connectivity index (χ4n) is 1.70. The molecule has 0 saturated heterocycles. The summed E-state index contributed by atoms with van der Waals surface area (Å²) in [5, 5.41) is 17.6. The average Bonchev–Trinajstić information content (AvgIpc) is 2.17. The third kappa shape index (κ3) is 3.08. The molecule has 0 amide bonds. The number of benzene rings is 1. The van der Waals surface area contributed by atoms with Gasteiger partial charge in [0.2, 0.25) is 0 Å². The van der Waals surface area contributed by atoms with Crippen molar-refractivity contribution in [2.24, 2.45) is 11.8 Å². The highest BCUT2D eigenvalue weighted by atomic mass is 16.4. The molecule has 4 nitrogen and oxygen atoms in total. The van der Waals surface area contributed by atoms with E-state index in [-0.39, 0.29) is 0 Å². The summed E-state index contributed by atoms with van der Waals surface area (Å²) in [4.78, 5) is 21.6. The van der Waals surface area contributed by atoms with Crippen LogP contribution in [-0.2, 0) is 16.0 Å². The predicted molar refractivity (Wildman–Crippen MR) is 58.1 cm³/mol. The Labute approximate surface area is 93.5 Å². The molecular formula is C12H14O4. The molecule has 0 aliphatic heterocycles. The van der Waals surface area contributed by atoms with Crippen LogP contribution < -0.4 is 0 Å². The van der Waals surface area contributed by atoms with E-state index in [2.05, 4.69) is 0 Å². The maximum Gasteiger partial charge on any atom is 0.318 e. The van der Waals surface area contributed by atoms with Gasteiger partial charge in [0.1, 0.15) is 0 Å². The molecule has 0 aliphatic rings. The van der Waals surface area contributed by atoms with Gasteiger partial charge in [-0.15, -0.1) is 0 Å². The highest BCUT2D eigenvalue weighted by Gasteiger charge is 2.31. The van der Waals surface area contributed by atoms with E-state index in [4.69, 9.17) is 10.2 Å². The Balaban J connectivity index is 2.74. The number of hydrogen-bond acceptors (Lipinski definition) is 2. The second-order valence-corrected chi connectivity index (χ2v) is 3.82. The van der Waals surface area contributed by atoms with Gasteiger partial charge in [0, 0.05) is 0 Å². The normalized spacial score (nSPS) is 12.4. The number of hydrogen-bond donors (Lipinski definition) is 2. The van der Waals surface area contributed by atoms with Gasteiger partial charge in [-0.1, -0.05) is 37.3 Å². The van der Waals surface area contributed by atoms with E-state index in [0.717, 1.165) is 5.56 Å². The van der Waals surface area contributed by atoms with Crippen molar-refractivity contribution in [3.05, 3.63) is 35.9 Å². The number of carboxylic acid groups (broad SMARTS) is 2. The molecule has 0 radical (unpaired) electrons. The minimum atomic E-state index is -1.35. The van der Waals surface area contributed by atoms with E-state index in [1.807, 2.05) is 30.3 Å². The molecule has 0 aliphatic carbocycles. The molecule has 0 saturated carbocycles. The van der Waals surface area contributed by atoms with Crippen molar-refractivity contribution in [3.8, 4) is 0 Å². The van der Waals surface area contributed by atoms with Crippen molar-refractivity contribution in [2.75, 3.05) is 0 Å². The Bertz CT molecular complexity index is 358. The minimum Gasteiger partial charge on any atom is -0.481 e. The van der Waals surface area contributed by atoms with E-state index >= 15 is 0 Å². The first-order valence-corrected chi connectivity index (χ1v) is 5.02. The third-order valence-corrected chi connectivity index (χ3v) is 2.50. The first kappa shape index (κ1) is 12.2. The minimum absolute atomic E-state index is 0.433. The Morgan fingerprint density at radius 2 is 1.62 bits per heavy atom. The molecule has 0 fully saturated rings. The first-order chi connectivity index (χ1) is 7.52. The number of carbonyl (C=O) groups is 2. The van der Waals surface area contributed by atoms with Crippen LogP contribution in [0.25, 0.3) is 0 Å². The second-order valence-electron chi connectivity index (χ2n) is 3.82. The van der Waals surface area contributed by atoms with Crippen LogP contribution in [0.2, 0.25) is 0 Å². The summed E-state index contributed by atoms with van der Waals surface area (Å²) in [6.07, 6.45) is 0.449. The van der Waals surface area contributed by atoms with Crippen LogP contribution in [0.1, 0.15) is 12.5 Å². The van der Waals surface area contributed by atoms with E-state index < -0.39 is 23.8 Å². The molecule has 1 rings (SSSR count). The Kier molecular flexibility index (Phi) is 4.05. The first-order valence-electron chi connectivity index (χ1n) is 5.02. The quantitative estimate of drug-likeness (QED) is 0.743. The van der Waals surface area contributed by atoms with Crippen LogP contribution in [0.4, 0.5) is 0 Å². The molecule has 0 heterocycles. The molecule has 0 aromatic heterocycles. The maximum absolute atomic E-state index is 10.8. The zero-order chi connectivity index (χ0) is 12.1. The molecule has 4 heteroatoms. The Hall–Kier alpha value is -1.84. The summed E-state index contributed by atoms with van der Waals surface area (Å²) in [6, 6.07) is 9.27. The zero-order valence-corrected chi connectivity index (χ0v) is 8.96. The van der Waals surface area contributed by atoms with Crippen molar-refractivity contribution >= 4 is 11.9 Å². The van der Waals surface area contributed by atoms with Crippen molar-refractivity contribution in [3.63, 3.8) is 0 Å². The van der Waals surface area contributed by atoms with Gasteiger partial charge >= 0.3 is 11.9 Å². The largest absolute Gasteiger partial charge is 0.481 e. The average molecular weight is 222 g/mol. The molecular weight excluding hydrogens is 208 g/mol. The molecule has 16 heavy (non-hydrogen) atoms. The highest BCUT2D eigenvalue weighted by Crippen LogP contribution is 2.18. The summed E-state index contributed by atoms with van der Waals surface area (Å²) in [7, 11) is 0. The van der Waals surface area contributed by atoms with Gasteiger partial charge in [0.15, 0.2) is 5.92 Å². The van der Waals surface area contributed by atoms with Crippen molar-refractivity contribution < 1.29 is 19.8 Å². The van der Waals surface area contributed by atoms with E-state index in [1.165, 1.54) is 0 Å². The van der Waals surface area contributed by atoms with Gasteiger partial charge in [0.05, 0.1) is 0 Å². The summed E-state index contributed by atoms with van der Waals surface area (Å²) < 4.78 is 0. The summed E-state index contributed by atoms with van der Waals surface area (Å²) in [6.45, 7) is 1.64. The Morgan fingerprint density at radius 1 is 1.12 bits per heavy atom. The lowest BCUT2D eigenvalue weighted by Gasteiger charge is -2.16. The molecule has 1 atom stereocenters. The van der Waals surface area contributed by atoms with Crippen LogP contribution in [0.3, 0.4) is 0 Å². The van der Waals surface area contributed by atoms with Gasteiger partial charge in [-0.05, 0) is 17.9 Å². The highest BCUT2D eigenvalue weighted by molar-refractivity contribution is 5.93. The van der Waals surface area contributed by atoms with Crippen molar-refractivity contribution in [2.45, 2.75) is 13.3 Å². The van der Waals surface area contributed by atoms with Gasteiger partial charge in [-0.25, -0.2) is 0 Å². The molecule has 1 unspecified atom stereocenters. The van der Waals surface area contributed by atoms with Crippen LogP contribution in [0.15, 0.2) is 30.3 Å². The lowest BCUT2D eigenvalue weighted by atomic mass is 9.88. The van der Waals surface area contributed by atoms with E-state index in [1.54, 1.807) is 6.92 Å². The molecule has 2 N–H and O–H groups in total. The lowest BCUT2D eigenvalue weighted by Crippen LogP contribution is -2.30. The number of aliphatic carboxylic acids is 2. The van der Waals surface area contributed by atoms with Crippen LogP contribution >= 0.6 is 0 Å². The number of rotatable bonds is 5. The smallest absolute Gasteiger partial charge is 0.318 e. The second kappa shape index (κ2) is 5.30. The number of carboxylic acids is 2. The maximum atomic E-state index is 10.8. The Morgan fingerprint density at radius 3 is 2.06 bits per heavy atom. The van der Waals surface area contributed by atoms with Crippen LogP contribution in [0.5, 0.6) is 0 Å². The SMILES string of the molecule is CC(Cc1ccccc1)C(C(=O)O)C(=O)O. The monoisotopic (exact) mass is 222 g/mol. The van der Waals surface area contributed by atoms with Crippen molar-refractivity contribution in [1.82, 2.24) is 0 Å². The van der Waals surface area contributed by atoms with Gasteiger partial charge in [0.25, 0.3) is 0 Å². The van der Waals surface area contributed by atoms with Gasteiger partial charge < -0.3 is 10.2 Å². The van der Waals surface area contributed by atoms with E-state index in [0.29, 0.717) is 6.42 Å². The summed E-state index contributed by atoms with van der Waals surface area (Å²) in [5.74, 6) is -4.34. The van der Waals surface area contributed by atoms with Crippen LogP contribution in [-0.4, -0.2) is 22.2 Å². The lowest BCUT2D eigenvalue weighted by molar-refractivity contribution is -0.156. The molecule has 1 aromatic carbocycles. The summed E-state index contributed by atoms with van der Waals surface area (Å²) >= 11 is 0. The fraction of sp³-hybridized carbons (Fsp3) is 0.333. The molecule has 86 valence electrons. The van der Waals surface area contributed by atoms with Gasteiger partial charge in [-0.2, -0.15) is 0 Å². The fourth-order valence-corrected chi connectivity index (χ4v) is 1.70. The van der Waals surface area contributed by atoms with Crippen molar-refractivity contribution in [1.29, 1.82) is 0 Å². The van der Waals surface area contributed by atoms with E-state index in [9.17, 15) is 9.59 Å². The standard InChI is InChI=1S/C12H14O4/c1-8(10(11(13)14)12(15)16)7-9-5-3-2-4-6-9/h2-6,8,10H,7H2,1H3,(H,13,14)(H,15,16). The molecule has 0 bridgehead atoms. The van der Waals surface area contributed by atoms with Crippen LogP contribution in [0, 0.1) is 11.8 Å². The van der Waals surface area contributed by atoms with Gasteiger partial charge in [-0.3, -0.25) is 9.59 Å². The zero-order valence-electron chi connectivity index (χ0n) is 8.96. The third-order valence-electron chi connectivity index (χ3n) is 2.50. The topological polar surface area (TPSA) is 74.6 Å². The summed E-state index contributed by atoms with van der Waals surface area (Å²) in [5.41, 5.74) is 0.947.